The third-order valence-corrected chi connectivity index (χ3v) is 16.4. The highest BCUT2D eigenvalue weighted by molar-refractivity contribution is 5.88. The molecule has 0 bridgehead atoms. The summed E-state index contributed by atoms with van der Waals surface area (Å²) in [5, 5.41) is 27.8. The third kappa shape index (κ3) is 4.90. The zero-order chi connectivity index (χ0) is 33.6. The highest BCUT2D eigenvalue weighted by Gasteiger charge is 2.70. The molecule has 5 aliphatic carbocycles. The molecule has 11 atom stereocenters. The molecule has 5 fully saturated rings. The second-order valence-corrected chi connectivity index (χ2v) is 18.5. The van der Waals surface area contributed by atoms with E-state index in [9.17, 15) is 15.0 Å². The molecule has 0 radical (unpaired) electrons. The van der Waals surface area contributed by atoms with Gasteiger partial charge >= 0.3 is 5.97 Å². The monoisotopic (exact) mass is 642 g/mol. The van der Waals surface area contributed by atoms with Crippen LogP contribution in [0.3, 0.4) is 0 Å². The molecule has 1 aliphatic heterocycles. The molecule has 1 unspecified atom stereocenters. The van der Waals surface area contributed by atoms with Crippen LogP contribution in [0.25, 0.3) is 5.57 Å². The fourth-order valence-electron chi connectivity index (χ4n) is 13.9. The molecular weight excluding hydrogens is 580 g/mol. The first kappa shape index (κ1) is 33.5. The Morgan fingerprint density at radius 2 is 1.70 bits per heavy atom. The minimum absolute atomic E-state index is 0.0235. The van der Waals surface area contributed by atoms with Gasteiger partial charge in [0.2, 0.25) is 0 Å². The van der Waals surface area contributed by atoms with Crippen molar-refractivity contribution in [3.8, 4) is 0 Å². The van der Waals surface area contributed by atoms with Crippen molar-refractivity contribution < 1.29 is 15.0 Å². The number of allylic oxidation sites excluding steroid dienone is 3. The molecule has 0 aromatic heterocycles. The van der Waals surface area contributed by atoms with E-state index in [1.807, 2.05) is 12.1 Å². The van der Waals surface area contributed by atoms with E-state index in [1.165, 1.54) is 68.1 Å². The summed E-state index contributed by atoms with van der Waals surface area (Å²) < 4.78 is 0. The van der Waals surface area contributed by atoms with Crippen LogP contribution in [0.5, 0.6) is 0 Å². The van der Waals surface area contributed by atoms with Crippen LogP contribution in [0, 0.1) is 56.7 Å². The van der Waals surface area contributed by atoms with Crippen LogP contribution in [0.2, 0.25) is 0 Å². The number of benzene rings is 1. The summed E-state index contributed by atoms with van der Waals surface area (Å²) in [5.74, 6) is 2.34. The van der Waals surface area contributed by atoms with Gasteiger partial charge in [-0.2, -0.15) is 0 Å². The fraction of sp³-hybridized carbons (Fsp3) is 0.738. The number of carboxylic acids is 1. The van der Waals surface area contributed by atoms with E-state index in [1.54, 1.807) is 12.1 Å². The van der Waals surface area contributed by atoms with Gasteiger partial charge in [-0.1, -0.05) is 65.0 Å². The molecular formula is C42H62N2O3. The second kappa shape index (κ2) is 11.6. The van der Waals surface area contributed by atoms with Crippen LogP contribution in [0.15, 0.2) is 42.5 Å². The summed E-state index contributed by atoms with van der Waals surface area (Å²) in [4.78, 5) is 11.5. The van der Waals surface area contributed by atoms with Gasteiger partial charge in [0.15, 0.2) is 0 Å². The number of fused-ring (bicyclic) bond motifs is 7. The lowest BCUT2D eigenvalue weighted by atomic mass is 9.32. The van der Waals surface area contributed by atoms with Crippen molar-refractivity contribution >= 4 is 11.5 Å². The maximum absolute atomic E-state index is 11.5. The molecule has 1 aromatic carbocycles. The van der Waals surface area contributed by atoms with E-state index in [0.717, 1.165) is 32.4 Å². The van der Waals surface area contributed by atoms with Gasteiger partial charge in [0.05, 0.1) is 5.56 Å². The number of aliphatic hydroxyl groups is 1. The van der Waals surface area contributed by atoms with Crippen LogP contribution in [0.1, 0.15) is 128 Å². The lowest BCUT2D eigenvalue weighted by Crippen LogP contribution is -2.66. The highest BCUT2D eigenvalue weighted by Crippen LogP contribution is 2.77. The predicted molar refractivity (Wildman–Crippen MR) is 191 cm³/mol. The fourth-order valence-corrected chi connectivity index (χ4v) is 13.9. The molecule has 5 nitrogen and oxygen atoms in total. The van der Waals surface area contributed by atoms with E-state index in [0.29, 0.717) is 46.0 Å². The summed E-state index contributed by atoms with van der Waals surface area (Å²) in [6, 6.07) is 7.79. The number of hydrogen-bond acceptors (Lipinski definition) is 4. The van der Waals surface area contributed by atoms with Gasteiger partial charge in [-0.05, 0) is 164 Å². The normalized spacial score (nSPS) is 44.4. The van der Waals surface area contributed by atoms with E-state index < -0.39 is 12.2 Å². The number of aromatic carboxylic acids is 1. The minimum Gasteiger partial charge on any atom is -0.478 e. The van der Waals surface area contributed by atoms with E-state index in [-0.39, 0.29) is 22.3 Å². The smallest absolute Gasteiger partial charge is 0.335 e. The highest BCUT2D eigenvalue weighted by atomic mass is 16.4. The average Bonchev–Trinajstić information content (AvgIpc) is 3.70. The summed E-state index contributed by atoms with van der Waals surface area (Å²) in [6.07, 6.45) is 15.6. The summed E-state index contributed by atoms with van der Waals surface area (Å²) in [6.45, 7) is 21.8. The Bertz CT molecular complexity index is 1430. The zero-order valence-corrected chi connectivity index (χ0v) is 30.1. The molecule has 4 saturated carbocycles. The van der Waals surface area contributed by atoms with E-state index >= 15 is 0 Å². The summed E-state index contributed by atoms with van der Waals surface area (Å²) >= 11 is 0. The molecule has 4 N–H and O–H groups in total. The Morgan fingerprint density at radius 3 is 2.36 bits per heavy atom. The molecule has 7 rings (SSSR count). The first-order valence-electron chi connectivity index (χ1n) is 19.0. The Morgan fingerprint density at radius 1 is 0.957 bits per heavy atom. The van der Waals surface area contributed by atoms with E-state index in [4.69, 9.17) is 0 Å². The second-order valence-electron chi connectivity index (χ2n) is 18.5. The molecule has 1 saturated heterocycles. The third-order valence-electron chi connectivity index (χ3n) is 16.4. The first-order chi connectivity index (χ1) is 22.2. The predicted octanol–water partition coefficient (Wildman–Crippen LogP) is 8.70. The minimum atomic E-state index is -0.862. The van der Waals surface area contributed by atoms with Crippen molar-refractivity contribution in [3.05, 3.63) is 53.6 Å². The molecule has 0 spiro atoms. The SMILES string of the molecule is C=C(C)[C@@H]1CC[C@]2(CN[C@H](O)C3CCCN3)CC[C@]3(C)[C@H](CC[C@@H]4[C@@]5(C)CC=C(c6ccc(C(=O)O)cc6)C(C)(C)[C@@H]5CC[C@]43C)[C@@H]12. The van der Waals surface area contributed by atoms with Crippen LogP contribution in [0.4, 0.5) is 0 Å². The van der Waals surface area contributed by atoms with E-state index in [2.05, 4.69) is 64.8 Å². The lowest BCUT2D eigenvalue weighted by molar-refractivity contribution is -0.225. The van der Waals surface area contributed by atoms with Crippen LogP contribution < -0.4 is 10.6 Å². The van der Waals surface area contributed by atoms with Crippen molar-refractivity contribution in [1.29, 1.82) is 0 Å². The Hall–Kier alpha value is -1.95. The van der Waals surface area contributed by atoms with Gasteiger partial charge in [0.25, 0.3) is 0 Å². The van der Waals surface area contributed by atoms with Crippen LogP contribution >= 0.6 is 0 Å². The van der Waals surface area contributed by atoms with Crippen molar-refractivity contribution in [2.45, 2.75) is 124 Å². The number of hydrogen-bond donors (Lipinski definition) is 4. The largest absolute Gasteiger partial charge is 0.478 e. The van der Waals surface area contributed by atoms with Gasteiger partial charge in [-0.3, -0.25) is 5.32 Å². The van der Waals surface area contributed by atoms with Crippen LogP contribution in [-0.4, -0.2) is 41.5 Å². The molecule has 1 heterocycles. The van der Waals surface area contributed by atoms with Crippen molar-refractivity contribution in [2.24, 2.45) is 56.7 Å². The van der Waals surface area contributed by atoms with Crippen molar-refractivity contribution in [3.63, 3.8) is 0 Å². The summed E-state index contributed by atoms with van der Waals surface area (Å²) in [7, 11) is 0. The van der Waals surface area contributed by atoms with Crippen molar-refractivity contribution in [1.82, 2.24) is 10.6 Å². The van der Waals surface area contributed by atoms with Gasteiger partial charge in [-0.25, -0.2) is 4.79 Å². The molecule has 258 valence electrons. The van der Waals surface area contributed by atoms with Gasteiger partial charge in [-0.15, -0.1) is 0 Å². The lowest BCUT2D eigenvalue weighted by Gasteiger charge is -2.72. The van der Waals surface area contributed by atoms with Gasteiger partial charge in [0.1, 0.15) is 6.23 Å². The number of aliphatic hydroxyl groups excluding tert-OH is 1. The average molecular weight is 643 g/mol. The zero-order valence-electron chi connectivity index (χ0n) is 30.1. The number of carboxylic acid groups (broad SMARTS) is 1. The molecule has 0 amide bonds. The van der Waals surface area contributed by atoms with Crippen molar-refractivity contribution in [2.75, 3.05) is 13.1 Å². The maximum atomic E-state index is 11.5. The summed E-state index contributed by atoms with van der Waals surface area (Å²) in [5.41, 5.74) is 5.43. The van der Waals surface area contributed by atoms with Gasteiger partial charge in [0, 0.05) is 12.6 Å². The Balaban J connectivity index is 1.18. The molecule has 6 aliphatic rings. The topological polar surface area (TPSA) is 81.6 Å². The number of carbonyl (C=O) groups is 1. The van der Waals surface area contributed by atoms with Crippen LogP contribution in [-0.2, 0) is 0 Å². The standard InChI is InChI=1S/C42H62N2O3/c1-26(2)29-16-21-42(25-44-36(45)32-9-8-24-43-32)23-22-40(6)31(35(29)42)14-15-34-39(5)19-17-30(27-10-12-28(13-11-27)37(46)47)38(3,4)33(39)18-20-41(34,40)7/h10-13,17,29,31-36,43-45H,1,8-9,14-16,18-25H2,2-7H3,(H,46,47)/t29-,31+,32?,33-,34+,35+,36+,39-,40+,41+,42+/m0/s1. The molecule has 5 heteroatoms. The molecule has 47 heavy (non-hydrogen) atoms. The Labute approximate surface area is 284 Å². The molecule has 1 aromatic rings. The first-order valence-corrected chi connectivity index (χ1v) is 19.0. The quantitative estimate of drug-likeness (QED) is 0.177. The Kier molecular flexibility index (Phi) is 8.25. The number of nitrogens with one attached hydrogen (secondary N) is 2. The number of rotatable bonds is 7. The maximum Gasteiger partial charge on any atom is 0.335 e. The van der Waals surface area contributed by atoms with Gasteiger partial charge < -0.3 is 15.5 Å².